The molecular weight excluding hydrogens is 392 g/mol. The van der Waals surface area contributed by atoms with Crippen LogP contribution in [0.4, 0.5) is 0 Å². The molecule has 31 heavy (non-hydrogen) atoms. The van der Waals surface area contributed by atoms with Gasteiger partial charge < -0.3 is 14.7 Å². The Balaban J connectivity index is 1.20. The highest BCUT2D eigenvalue weighted by atomic mass is 16.5. The lowest BCUT2D eigenvalue weighted by Crippen LogP contribution is -2.52. The molecule has 3 heterocycles. The van der Waals surface area contributed by atoms with Gasteiger partial charge in [0.15, 0.2) is 0 Å². The number of benzene rings is 1. The molecule has 0 spiro atoms. The van der Waals surface area contributed by atoms with Crippen molar-refractivity contribution in [1.82, 2.24) is 19.8 Å². The smallest absolute Gasteiger partial charge is 0.253 e. The summed E-state index contributed by atoms with van der Waals surface area (Å²) in [5, 5.41) is 10.3. The highest BCUT2D eigenvalue weighted by molar-refractivity contribution is 5.94. The van der Waals surface area contributed by atoms with E-state index in [9.17, 15) is 9.90 Å². The third-order valence-electron chi connectivity index (χ3n) is 6.61. The number of rotatable bonds is 5. The first kappa shape index (κ1) is 20.4. The topological polar surface area (TPSA) is 78.8 Å². The Morgan fingerprint density at radius 1 is 1.16 bits per heavy atom. The van der Waals surface area contributed by atoms with E-state index >= 15 is 0 Å². The van der Waals surface area contributed by atoms with Gasteiger partial charge in [-0.1, -0.05) is 12.1 Å². The molecule has 0 radical (unpaired) electrons. The van der Waals surface area contributed by atoms with E-state index < -0.39 is 5.60 Å². The largest absolute Gasteiger partial charge is 0.472 e. The van der Waals surface area contributed by atoms with Crippen molar-refractivity contribution < 1.29 is 14.6 Å². The Kier molecular flexibility index (Phi) is 5.18. The quantitative estimate of drug-likeness (QED) is 0.798. The van der Waals surface area contributed by atoms with Gasteiger partial charge in [-0.2, -0.15) is 0 Å². The van der Waals surface area contributed by atoms with Crippen molar-refractivity contribution in [3.05, 3.63) is 53.5 Å². The van der Waals surface area contributed by atoms with Crippen LogP contribution in [0.15, 0.2) is 36.7 Å². The van der Waals surface area contributed by atoms with E-state index in [-0.39, 0.29) is 12.0 Å². The predicted molar refractivity (Wildman–Crippen MR) is 116 cm³/mol. The summed E-state index contributed by atoms with van der Waals surface area (Å²) in [4.78, 5) is 26.4. The summed E-state index contributed by atoms with van der Waals surface area (Å²) in [6, 6.07) is 7.62. The molecular formula is C24H30N4O3. The second-order valence-corrected chi connectivity index (χ2v) is 9.57. The van der Waals surface area contributed by atoms with E-state index in [0.29, 0.717) is 36.5 Å². The highest BCUT2D eigenvalue weighted by Gasteiger charge is 2.39. The molecule has 2 aliphatic heterocycles. The number of nitrogens with zero attached hydrogens (tertiary/aromatic N) is 4. The Morgan fingerprint density at radius 3 is 2.71 bits per heavy atom. The second-order valence-electron chi connectivity index (χ2n) is 9.57. The maximum Gasteiger partial charge on any atom is 0.253 e. The fraction of sp³-hybridized carbons (Fsp3) is 0.542. The number of hydrogen-bond acceptors (Lipinski definition) is 6. The molecule has 1 saturated carbocycles. The van der Waals surface area contributed by atoms with Crippen LogP contribution < -0.4 is 4.74 Å². The molecule has 164 valence electrons. The normalized spacial score (nSPS) is 24.2. The average Bonchev–Trinajstić information content (AvgIpc) is 3.53. The van der Waals surface area contributed by atoms with Crippen molar-refractivity contribution in [3.63, 3.8) is 0 Å². The van der Waals surface area contributed by atoms with Gasteiger partial charge in [0.2, 0.25) is 5.88 Å². The molecule has 1 aromatic carbocycles. The lowest BCUT2D eigenvalue weighted by Gasteiger charge is -2.37. The van der Waals surface area contributed by atoms with Crippen LogP contribution in [-0.4, -0.2) is 69.1 Å². The Bertz CT molecular complexity index is 952. The van der Waals surface area contributed by atoms with Crippen molar-refractivity contribution in [2.24, 2.45) is 0 Å². The number of ether oxygens (including phenoxy) is 1. The number of carbonyl (C=O) groups excluding carboxylic acids is 1. The molecule has 1 aromatic heterocycles. The molecule has 0 unspecified atom stereocenters. The van der Waals surface area contributed by atoms with Gasteiger partial charge >= 0.3 is 0 Å². The molecule has 2 saturated heterocycles. The van der Waals surface area contributed by atoms with Crippen LogP contribution in [0.2, 0.25) is 0 Å². The molecule has 3 aliphatic rings. The van der Waals surface area contributed by atoms with Crippen LogP contribution in [0.1, 0.15) is 60.6 Å². The first-order chi connectivity index (χ1) is 14.9. The predicted octanol–water partition coefficient (Wildman–Crippen LogP) is 2.56. The highest BCUT2D eigenvalue weighted by Crippen LogP contribution is 2.38. The second kappa shape index (κ2) is 7.88. The number of amides is 1. The number of carbonyl (C=O) groups is 1. The van der Waals surface area contributed by atoms with Gasteiger partial charge in [-0.05, 0) is 44.4 Å². The van der Waals surface area contributed by atoms with Crippen LogP contribution >= 0.6 is 0 Å². The maximum absolute atomic E-state index is 13.1. The molecule has 7 nitrogen and oxygen atoms in total. The van der Waals surface area contributed by atoms with Crippen LogP contribution in [0, 0.1) is 0 Å². The fourth-order valence-electron chi connectivity index (χ4n) is 4.63. The van der Waals surface area contributed by atoms with Gasteiger partial charge in [-0.25, -0.2) is 4.98 Å². The van der Waals surface area contributed by atoms with Gasteiger partial charge in [0.25, 0.3) is 5.91 Å². The van der Waals surface area contributed by atoms with E-state index in [4.69, 9.17) is 4.74 Å². The minimum absolute atomic E-state index is 0.0247. The Morgan fingerprint density at radius 2 is 2.00 bits per heavy atom. The fourth-order valence-corrected chi connectivity index (χ4v) is 4.63. The van der Waals surface area contributed by atoms with Crippen LogP contribution in [0.5, 0.6) is 5.88 Å². The van der Waals surface area contributed by atoms with Crippen LogP contribution in [0.3, 0.4) is 0 Å². The summed E-state index contributed by atoms with van der Waals surface area (Å²) in [5.41, 5.74) is 1.48. The summed E-state index contributed by atoms with van der Waals surface area (Å²) in [7, 11) is 0. The summed E-state index contributed by atoms with van der Waals surface area (Å²) in [6.45, 7) is 6.55. The number of hydrogen-bond donors (Lipinski definition) is 1. The average molecular weight is 423 g/mol. The minimum Gasteiger partial charge on any atom is -0.472 e. The van der Waals surface area contributed by atoms with Gasteiger partial charge in [-0.3, -0.25) is 14.7 Å². The summed E-state index contributed by atoms with van der Waals surface area (Å²) in [6.07, 6.45) is 6.96. The SMILES string of the molecule is CC(C)(O)c1cccc(C(=O)N2CCN3C[C@H](Oc4cnc(C5CC5)cn4)C[C@H]3C2)c1. The van der Waals surface area contributed by atoms with Gasteiger partial charge in [0.1, 0.15) is 6.10 Å². The first-order valence-electron chi connectivity index (χ1n) is 11.2. The Labute approximate surface area is 183 Å². The lowest BCUT2D eigenvalue weighted by atomic mass is 9.96. The van der Waals surface area contributed by atoms with Crippen molar-refractivity contribution in [1.29, 1.82) is 0 Å². The van der Waals surface area contributed by atoms with E-state index in [2.05, 4.69) is 14.9 Å². The maximum atomic E-state index is 13.1. The monoisotopic (exact) mass is 422 g/mol. The summed E-state index contributed by atoms with van der Waals surface area (Å²) < 4.78 is 6.11. The molecule has 2 aromatic rings. The molecule has 5 rings (SSSR count). The molecule has 3 fully saturated rings. The molecule has 2 atom stereocenters. The molecule has 0 bridgehead atoms. The van der Waals surface area contributed by atoms with Crippen molar-refractivity contribution in [2.75, 3.05) is 26.2 Å². The molecule has 7 heteroatoms. The van der Waals surface area contributed by atoms with Crippen molar-refractivity contribution in [2.45, 2.75) is 56.8 Å². The van der Waals surface area contributed by atoms with Crippen molar-refractivity contribution >= 4 is 5.91 Å². The number of aromatic nitrogens is 2. The van der Waals surface area contributed by atoms with Gasteiger partial charge in [0.05, 0.1) is 23.7 Å². The summed E-state index contributed by atoms with van der Waals surface area (Å²) >= 11 is 0. The zero-order valence-corrected chi connectivity index (χ0v) is 18.2. The lowest BCUT2D eigenvalue weighted by molar-refractivity contribution is 0.0568. The van der Waals surface area contributed by atoms with Crippen LogP contribution in [-0.2, 0) is 5.60 Å². The number of piperazine rings is 1. The van der Waals surface area contributed by atoms with E-state index in [0.717, 1.165) is 30.8 Å². The summed E-state index contributed by atoms with van der Waals surface area (Å²) in [5.74, 6) is 1.21. The minimum atomic E-state index is -0.968. The number of aliphatic hydroxyl groups is 1. The molecule has 1 N–H and O–H groups in total. The molecule has 1 aliphatic carbocycles. The van der Waals surface area contributed by atoms with Gasteiger partial charge in [-0.15, -0.1) is 0 Å². The number of fused-ring (bicyclic) bond motifs is 1. The standard InChI is InChI=1S/C24H30N4O3/c1-24(2,30)18-5-3-4-17(10-18)23(29)28-9-8-27-15-20(11-19(27)14-28)31-22-13-25-21(12-26-22)16-6-7-16/h3-5,10,12-13,16,19-20,30H,6-9,11,14-15H2,1-2H3/t19-,20+/m0/s1. The van der Waals surface area contributed by atoms with Gasteiger partial charge in [0, 0.05) is 50.1 Å². The Hall–Kier alpha value is -2.51. The first-order valence-corrected chi connectivity index (χ1v) is 11.2. The zero-order valence-electron chi connectivity index (χ0n) is 18.2. The van der Waals surface area contributed by atoms with E-state index in [1.54, 1.807) is 26.1 Å². The zero-order chi connectivity index (χ0) is 21.6. The molecule has 1 amide bonds. The van der Waals surface area contributed by atoms with E-state index in [1.807, 2.05) is 29.3 Å². The van der Waals surface area contributed by atoms with E-state index in [1.165, 1.54) is 12.8 Å². The van der Waals surface area contributed by atoms with Crippen molar-refractivity contribution in [3.8, 4) is 5.88 Å². The third kappa shape index (κ3) is 4.43. The van der Waals surface area contributed by atoms with Crippen LogP contribution in [0.25, 0.3) is 0 Å². The third-order valence-corrected chi connectivity index (χ3v) is 6.61.